The number of nitrogens with zero attached hydrogens (tertiary/aromatic N) is 1. The van der Waals surface area contributed by atoms with Gasteiger partial charge in [0.1, 0.15) is 0 Å². The van der Waals surface area contributed by atoms with Gasteiger partial charge in [0, 0.05) is 18.0 Å². The molecular formula is C16H19Cl2NO3. The maximum absolute atomic E-state index is 12.4. The van der Waals surface area contributed by atoms with Crippen molar-refractivity contribution in [3.63, 3.8) is 0 Å². The van der Waals surface area contributed by atoms with E-state index in [1.165, 1.54) is 7.11 Å². The zero-order chi connectivity index (χ0) is 16.0. The third-order valence-corrected chi connectivity index (χ3v) is 5.87. The first-order valence-corrected chi connectivity index (χ1v) is 8.12. The molecule has 3 rings (SSSR count). The van der Waals surface area contributed by atoms with Crippen LogP contribution in [0.5, 0.6) is 0 Å². The van der Waals surface area contributed by atoms with Crippen LogP contribution in [0.25, 0.3) is 0 Å². The number of carbonyl (C=O) groups excluding carboxylic acids is 1. The van der Waals surface area contributed by atoms with Gasteiger partial charge in [-0.15, -0.1) is 0 Å². The summed E-state index contributed by atoms with van der Waals surface area (Å²) >= 11 is 12.1. The van der Waals surface area contributed by atoms with E-state index in [2.05, 4.69) is 4.90 Å². The average molecular weight is 344 g/mol. The molecule has 1 N–H and O–H groups in total. The number of halogens is 2. The van der Waals surface area contributed by atoms with Crippen molar-refractivity contribution in [2.24, 2.45) is 5.92 Å². The summed E-state index contributed by atoms with van der Waals surface area (Å²) in [5.41, 5.74) is 0.974. The Hall–Kier alpha value is -0.810. The molecule has 0 aliphatic carbocycles. The first-order chi connectivity index (χ1) is 10.4. The molecule has 0 amide bonds. The van der Waals surface area contributed by atoms with E-state index in [1.54, 1.807) is 6.07 Å². The van der Waals surface area contributed by atoms with Crippen molar-refractivity contribution in [1.82, 2.24) is 4.90 Å². The normalized spacial score (nSPS) is 34.7. The summed E-state index contributed by atoms with van der Waals surface area (Å²) in [4.78, 5) is 14.5. The van der Waals surface area contributed by atoms with E-state index in [1.807, 2.05) is 19.2 Å². The molecule has 2 fully saturated rings. The molecule has 0 unspecified atom stereocenters. The van der Waals surface area contributed by atoms with Crippen LogP contribution in [0.1, 0.15) is 24.3 Å². The van der Waals surface area contributed by atoms with Gasteiger partial charge in [-0.2, -0.15) is 0 Å². The van der Waals surface area contributed by atoms with Gasteiger partial charge in [0.05, 0.1) is 29.2 Å². The van der Waals surface area contributed by atoms with Crippen molar-refractivity contribution < 1.29 is 14.6 Å². The molecule has 2 aliphatic rings. The molecule has 2 saturated heterocycles. The minimum absolute atomic E-state index is 0.0226. The van der Waals surface area contributed by atoms with Crippen LogP contribution in [0.4, 0.5) is 0 Å². The van der Waals surface area contributed by atoms with E-state index in [0.29, 0.717) is 16.5 Å². The van der Waals surface area contributed by atoms with Crippen molar-refractivity contribution in [2.75, 3.05) is 14.2 Å². The third-order valence-electron chi connectivity index (χ3n) is 5.13. The molecule has 2 bridgehead atoms. The number of hydrogen-bond donors (Lipinski definition) is 1. The Morgan fingerprint density at radius 3 is 2.68 bits per heavy atom. The van der Waals surface area contributed by atoms with Crippen LogP contribution in [-0.2, 0) is 9.53 Å². The lowest BCUT2D eigenvalue weighted by molar-refractivity contribution is -0.151. The van der Waals surface area contributed by atoms with Crippen molar-refractivity contribution >= 4 is 29.2 Å². The monoisotopic (exact) mass is 343 g/mol. The first kappa shape index (κ1) is 16.1. The van der Waals surface area contributed by atoms with Gasteiger partial charge in [0.25, 0.3) is 0 Å². The number of ether oxygens (including phenoxy) is 1. The van der Waals surface area contributed by atoms with Gasteiger partial charge in [-0.25, -0.2) is 0 Å². The number of fused-ring (bicyclic) bond motifs is 2. The number of rotatable bonds is 2. The molecule has 6 heteroatoms. The lowest BCUT2D eigenvalue weighted by Gasteiger charge is -2.42. The zero-order valence-electron chi connectivity index (χ0n) is 12.5. The number of aliphatic hydroxyl groups is 1. The predicted octanol–water partition coefficient (Wildman–Crippen LogP) is 2.70. The number of hydrogen-bond acceptors (Lipinski definition) is 4. The molecule has 0 aromatic heterocycles. The maximum Gasteiger partial charge on any atom is 0.310 e. The van der Waals surface area contributed by atoms with Gasteiger partial charge < -0.3 is 9.84 Å². The largest absolute Gasteiger partial charge is 0.469 e. The van der Waals surface area contributed by atoms with Gasteiger partial charge >= 0.3 is 5.97 Å². The van der Waals surface area contributed by atoms with Crippen molar-refractivity contribution in [1.29, 1.82) is 0 Å². The Bertz CT molecular complexity index is 595. The number of carbonyl (C=O) groups is 1. The molecule has 2 heterocycles. The molecule has 5 atom stereocenters. The summed E-state index contributed by atoms with van der Waals surface area (Å²) in [6.07, 6.45) is 0.973. The van der Waals surface area contributed by atoms with E-state index < -0.39 is 12.0 Å². The van der Waals surface area contributed by atoms with Crippen LogP contribution in [0, 0.1) is 5.92 Å². The molecule has 0 radical (unpaired) electrons. The number of esters is 1. The number of likely N-dealkylation sites (N-methyl/N-ethyl adjacent to an activating group) is 1. The molecule has 120 valence electrons. The fourth-order valence-electron chi connectivity index (χ4n) is 4.06. The Kier molecular flexibility index (Phi) is 4.38. The third kappa shape index (κ3) is 2.52. The number of piperidine rings is 1. The molecule has 1 aromatic rings. The zero-order valence-corrected chi connectivity index (χ0v) is 14.0. The maximum atomic E-state index is 12.4. The molecule has 1 aromatic carbocycles. The minimum atomic E-state index is -0.508. The van der Waals surface area contributed by atoms with Crippen LogP contribution in [0.3, 0.4) is 0 Å². The van der Waals surface area contributed by atoms with E-state index in [9.17, 15) is 9.90 Å². The molecule has 22 heavy (non-hydrogen) atoms. The minimum Gasteiger partial charge on any atom is -0.469 e. The first-order valence-electron chi connectivity index (χ1n) is 7.36. The van der Waals surface area contributed by atoms with Crippen molar-refractivity contribution in [3.8, 4) is 0 Å². The highest BCUT2D eigenvalue weighted by Crippen LogP contribution is 2.47. The summed E-state index contributed by atoms with van der Waals surface area (Å²) in [5, 5.41) is 11.3. The molecule has 2 aliphatic heterocycles. The van der Waals surface area contributed by atoms with E-state index in [4.69, 9.17) is 27.9 Å². The smallest absolute Gasteiger partial charge is 0.310 e. The highest BCUT2D eigenvalue weighted by molar-refractivity contribution is 6.42. The molecule has 4 nitrogen and oxygen atoms in total. The lowest BCUT2D eigenvalue weighted by Crippen LogP contribution is -2.51. The molecule has 0 saturated carbocycles. The standard InChI is InChI=1S/C16H19Cl2NO3/c1-19-9-6-10(8-3-4-11(17)12(18)5-8)14(16(21)22-2)15(19)13(20)7-9/h3-5,9-10,13-15,20H,6-7H2,1-2H3/t9-,10+,13+,14-,15+/m0/s1. The molecule has 0 spiro atoms. The van der Waals surface area contributed by atoms with Gasteiger partial charge in [0.2, 0.25) is 0 Å². The highest BCUT2D eigenvalue weighted by atomic mass is 35.5. The number of aliphatic hydroxyl groups excluding tert-OH is 1. The van der Waals surface area contributed by atoms with E-state index >= 15 is 0 Å². The quantitative estimate of drug-likeness (QED) is 0.838. The van der Waals surface area contributed by atoms with Crippen LogP contribution in [0.2, 0.25) is 10.0 Å². The van der Waals surface area contributed by atoms with Crippen LogP contribution in [0.15, 0.2) is 18.2 Å². The fourth-order valence-corrected chi connectivity index (χ4v) is 4.36. The summed E-state index contributed by atoms with van der Waals surface area (Å²) < 4.78 is 5.01. The van der Waals surface area contributed by atoms with E-state index in [0.717, 1.165) is 12.0 Å². The average Bonchev–Trinajstić information content (AvgIpc) is 2.68. The van der Waals surface area contributed by atoms with Crippen molar-refractivity contribution in [3.05, 3.63) is 33.8 Å². The van der Waals surface area contributed by atoms with Gasteiger partial charge in [-0.05, 0) is 37.6 Å². The Labute approximate surface area is 140 Å². The second-order valence-corrected chi connectivity index (χ2v) is 6.99. The predicted molar refractivity (Wildman–Crippen MR) is 85.3 cm³/mol. The van der Waals surface area contributed by atoms with Crippen LogP contribution >= 0.6 is 23.2 Å². The summed E-state index contributed by atoms with van der Waals surface area (Å²) in [6, 6.07) is 5.53. The SMILES string of the molecule is COC(=O)[C@@H]1[C@H]2[C@H](O)C[C@H](C[C@@H]1c1ccc(Cl)c(Cl)c1)N2C. The van der Waals surface area contributed by atoms with Crippen LogP contribution in [-0.4, -0.2) is 48.3 Å². The summed E-state index contributed by atoms with van der Waals surface area (Å²) in [6.45, 7) is 0. The fraction of sp³-hybridized carbons (Fsp3) is 0.562. The lowest BCUT2D eigenvalue weighted by atomic mass is 9.76. The second kappa shape index (κ2) is 6.00. The number of methoxy groups -OCH3 is 1. The summed E-state index contributed by atoms with van der Waals surface area (Å²) in [5.74, 6) is -0.709. The van der Waals surface area contributed by atoms with Crippen LogP contribution < -0.4 is 0 Å². The van der Waals surface area contributed by atoms with Gasteiger partial charge in [-0.1, -0.05) is 29.3 Å². The van der Waals surface area contributed by atoms with E-state index in [-0.39, 0.29) is 24.0 Å². The van der Waals surface area contributed by atoms with Crippen molar-refractivity contribution in [2.45, 2.75) is 36.9 Å². The topological polar surface area (TPSA) is 49.8 Å². The Morgan fingerprint density at radius 2 is 2.05 bits per heavy atom. The van der Waals surface area contributed by atoms with Gasteiger partial charge in [0.15, 0.2) is 0 Å². The second-order valence-electron chi connectivity index (χ2n) is 6.18. The number of benzene rings is 1. The Morgan fingerprint density at radius 1 is 1.32 bits per heavy atom. The highest BCUT2D eigenvalue weighted by Gasteiger charge is 2.53. The van der Waals surface area contributed by atoms with Gasteiger partial charge in [-0.3, -0.25) is 9.69 Å². The Balaban J connectivity index is 2.01. The summed E-state index contributed by atoms with van der Waals surface area (Å²) in [7, 11) is 3.36. The molecular weight excluding hydrogens is 325 g/mol.